The van der Waals surface area contributed by atoms with Crippen molar-refractivity contribution in [2.24, 2.45) is 11.8 Å². The van der Waals surface area contributed by atoms with Crippen LogP contribution in [0.2, 0.25) is 0 Å². The van der Waals surface area contributed by atoms with Crippen molar-refractivity contribution >= 4 is 10.0 Å². The maximum Gasteiger partial charge on any atom is 0.243 e. The van der Waals surface area contributed by atoms with Gasteiger partial charge in [-0.3, -0.25) is 0 Å². The van der Waals surface area contributed by atoms with E-state index in [1.807, 2.05) is 30.3 Å². The quantitative estimate of drug-likeness (QED) is 0.889. The first-order chi connectivity index (χ1) is 10.6. The Morgan fingerprint density at radius 2 is 1.73 bits per heavy atom. The van der Waals surface area contributed by atoms with Crippen LogP contribution in [0.5, 0.6) is 0 Å². The Balaban J connectivity index is 1.56. The minimum Gasteiger partial charge on any atom is -0.240 e. The van der Waals surface area contributed by atoms with E-state index < -0.39 is 10.0 Å². The van der Waals surface area contributed by atoms with Gasteiger partial charge in [0.2, 0.25) is 10.0 Å². The number of aromatic nitrogens is 2. The van der Waals surface area contributed by atoms with Crippen molar-refractivity contribution in [1.82, 2.24) is 14.5 Å². The summed E-state index contributed by atoms with van der Waals surface area (Å²) < 4.78 is 29.7. The lowest BCUT2D eigenvalue weighted by molar-refractivity contribution is 0.471. The third kappa shape index (κ3) is 2.80. The second kappa shape index (κ2) is 5.21. The molecule has 0 saturated heterocycles. The monoisotopic (exact) mass is 317 g/mol. The summed E-state index contributed by atoms with van der Waals surface area (Å²) in [5.41, 5.74) is 0.852. The Hall–Kier alpha value is -1.66. The van der Waals surface area contributed by atoms with E-state index in [2.05, 4.69) is 9.82 Å². The molecule has 0 amide bonds. The molecule has 2 aliphatic rings. The van der Waals surface area contributed by atoms with Gasteiger partial charge in [-0.1, -0.05) is 18.2 Å². The third-order valence-electron chi connectivity index (χ3n) is 4.44. The first-order valence-electron chi connectivity index (χ1n) is 7.76. The van der Waals surface area contributed by atoms with E-state index in [4.69, 9.17) is 0 Å². The predicted molar refractivity (Wildman–Crippen MR) is 83.1 cm³/mol. The summed E-state index contributed by atoms with van der Waals surface area (Å²) in [5, 5.41) is 4.18. The lowest BCUT2D eigenvalue weighted by Crippen LogP contribution is -2.37. The fraction of sp³-hybridized carbons (Fsp3) is 0.438. The van der Waals surface area contributed by atoms with E-state index in [9.17, 15) is 8.42 Å². The fourth-order valence-corrected chi connectivity index (χ4v) is 4.21. The highest BCUT2D eigenvalue weighted by Gasteiger charge is 2.43. The molecule has 22 heavy (non-hydrogen) atoms. The van der Waals surface area contributed by atoms with Crippen molar-refractivity contribution in [2.45, 2.75) is 36.6 Å². The smallest absolute Gasteiger partial charge is 0.240 e. The van der Waals surface area contributed by atoms with Gasteiger partial charge >= 0.3 is 0 Å². The molecule has 0 atom stereocenters. The van der Waals surface area contributed by atoms with Crippen molar-refractivity contribution < 1.29 is 8.42 Å². The van der Waals surface area contributed by atoms with Crippen molar-refractivity contribution in [3.8, 4) is 5.69 Å². The van der Waals surface area contributed by atoms with Crippen molar-refractivity contribution in [1.29, 1.82) is 0 Å². The zero-order valence-corrected chi connectivity index (χ0v) is 13.0. The Labute approximate surface area is 130 Å². The largest absolute Gasteiger partial charge is 0.243 e. The SMILES string of the molecule is O=S(=O)(NC(C1CC1)C1CC1)c1cnn(-c2ccccc2)c1. The zero-order chi connectivity index (χ0) is 15.2. The molecular formula is C16H19N3O2S. The molecule has 0 spiro atoms. The van der Waals surface area contributed by atoms with Crippen molar-refractivity contribution in [3.63, 3.8) is 0 Å². The Morgan fingerprint density at radius 1 is 1.09 bits per heavy atom. The Morgan fingerprint density at radius 3 is 2.32 bits per heavy atom. The van der Waals surface area contributed by atoms with Gasteiger partial charge in [0.1, 0.15) is 4.90 Å². The van der Waals surface area contributed by atoms with Crippen LogP contribution in [0.1, 0.15) is 25.7 Å². The van der Waals surface area contributed by atoms with Crippen LogP contribution in [0.3, 0.4) is 0 Å². The van der Waals surface area contributed by atoms with Crippen LogP contribution in [0.15, 0.2) is 47.6 Å². The van der Waals surface area contributed by atoms with Crippen LogP contribution < -0.4 is 4.72 Å². The fourth-order valence-electron chi connectivity index (χ4n) is 2.90. The van der Waals surface area contributed by atoms with Crippen LogP contribution >= 0.6 is 0 Å². The molecule has 2 fully saturated rings. The van der Waals surface area contributed by atoms with E-state index in [1.165, 1.54) is 6.20 Å². The molecule has 1 N–H and O–H groups in total. The number of para-hydroxylation sites is 1. The molecule has 2 saturated carbocycles. The lowest BCUT2D eigenvalue weighted by Gasteiger charge is -2.16. The summed E-state index contributed by atoms with van der Waals surface area (Å²) in [6.07, 6.45) is 7.58. The van der Waals surface area contributed by atoms with Gasteiger partial charge in [-0.05, 0) is 49.7 Å². The highest BCUT2D eigenvalue weighted by Crippen LogP contribution is 2.45. The normalized spacial score (nSPS) is 18.8. The topological polar surface area (TPSA) is 64.0 Å². The van der Waals surface area contributed by atoms with Crippen LogP contribution in [0.4, 0.5) is 0 Å². The molecule has 116 valence electrons. The average Bonchev–Trinajstić information content (AvgIpc) is 3.44. The second-order valence-corrected chi connectivity index (χ2v) is 7.99. The summed E-state index contributed by atoms with van der Waals surface area (Å²) in [5.74, 6) is 1.07. The molecule has 1 heterocycles. The van der Waals surface area contributed by atoms with Crippen LogP contribution in [-0.2, 0) is 10.0 Å². The van der Waals surface area contributed by atoms with Gasteiger partial charge in [0, 0.05) is 6.04 Å². The number of rotatable bonds is 6. The molecular weight excluding hydrogens is 298 g/mol. The van der Waals surface area contributed by atoms with Gasteiger partial charge in [0.05, 0.1) is 18.1 Å². The van der Waals surface area contributed by atoms with Gasteiger partial charge < -0.3 is 0 Å². The minimum atomic E-state index is -3.49. The highest BCUT2D eigenvalue weighted by molar-refractivity contribution is 7.89. The van der Waals surface area contributed by atoms with E-state index in [1.54, 1.807) is 10.9 Å². The molecule has 0 unspecified atom stereocenters. The van der Waals surface area contributed by atoms with Crippen LogP contribution in [0.25, 0.3) is 5.69 Å². The molecule has 5 nitrogen and oxygen atoms in total. The van der Waals surface area contributed by atoms with Crippen LogP contribution in [0, 0.1) is 11.8 Å². The van der Waals surface area contributed by atoms with E-state index in [-0.39, 0.29) is 10.9 Å². The third-order valence-corrected chi connectivity index (χ3v) is 5.85. The lowest BCUT2D eigenvalue weighted by atomic mass is 10.1. The average molecular weight is 317 g/mol. The highest BCUT2D eigenvalue weighted by atomic mass is 32.2. The van der Waals surface area contributed by atoms with Gasteiger partial charge in [-0.2, -0.15) is 5.10 Å². The van der Waals surface area contributed by atoms with Crippen molar-refractivity contribution in [3.05, 3.63) is 42.7 Å². The maximum atomic E-state index is 12.6. The molecule has 2 aromatic rings. The summed E-state index contributed by atoms with van der Waals surface area (Å²) in [4.78, 5) is 0.239. The summed E-state index contributed by atoms with van der Waals surface area (Å²) >= 11 is 0. The number of hydrogen-bond acceptors (Lipinski definition) is 3. The molecule has 0 radical (unpaired) electrons. The van der Waals surface area contributed by atoms with Gasteiger partial charge in [-0.15, -0.1) is 0 Å². The zero-order valence-electron chi connectivity index (χ0n) is 12.2. The number of nitrogens with one attached hydrogen (secondary N) is 1. The van der Waals surface area contributed by atoms with Crippen molar-refractivity contribution in [2.75, 3.05) is 0 Å². The van der Waals surface area contributed by atoms with Gasteiger partial charge in [0.25, 0.3) is 0 Å². The Kier molecular flexibility index (Phi) is 3.31. The number of hydrogen-bond donors (Lipinski definition) is 1. The summed E-state index contributed by atoms with van der Waals surface area (Å²) in [6.45, 7) is 0. The van der Waals surface area contributed by atoms with Gasteiger partial charge in [-0.25, -0.2) is 17.8 Å². The van der Waals surface area contributed by atoms with E-state index in [0.29, 0.717) is 11.8 Å². The molecule has 0 bridgehead atoms. The van der Waals surface area contributed by atoms with Gasteiger partial charge in [0.15, 0.2) is 0 Å². The summed E-state index contributed by atoms with van der Waals surface area (Å²) in [7, 11) is -3.49. The predicted octanol–water partition coefficient (Wildman–Crippen LogP) is 2.34. The van der Waals surface area contributed by atoms with E-state index >= 15 is 0 Å². The standard InChI is InChI=1S/C16H19N3O2S/c20-22(21,18-16(12-6-7-12)13-8-9-13)15-10-17-19(11-15)14-4-2-1-3-5-14/h1-5,10-13,16,18H,6-9H2. The molecule has 2 aliphatic carbocycles. The number of sulfonamides is 1. The number of benzene rings is 1. The van der Waals surface area contributed by atoms with E-state index in [0.717, 1.165) is 31.4 Å². The molecule has 1 aromatic heterocycles. The van der Waals surface area contributed by atoms with Crippen LogP contribution in [-0.4, -0.2) is 24.2 Å². The molecule has 1 aromatic carbocycles. The summed E-state index contributed by atoms with van der Waals surface area (Å²) in [6, 6.07) is 9.63. The minimum absolute atomic E-state index is 0.116. The first-order valence-corrected chi connectivity index (χ1v) is 9.24. The second-order valence-electron chi connectivity index (χ2n) is 6.28. The Bertz CT molecular complexity index is 750. The number of nitrogens with zero attached hydrogens (tertiary/aromatic N) is 2. The maximum absolute atomic E-state index is 12.6. The first kappa shape index (κ1) is 14.0. The molecule has 6 heteroatoms. The molecule has 0 aliphatic heterocycles. The molecule has 4 rings (SSSR count).